The first-order valence-electron chi connectivity index (χ1n) is 8.36. The largest absolute Gasteiger partial charge is 0.417 e. The predicted octanol–water partition coefficient (Wildman–Crippen LogP) is 3.38. The molecule has 5 nitrogen and oxygen atoms in total. The van der Waals surface area contributed by atoms with Gasteiger partial charge in [-0.15, -0.1) is 0 Å². The van der Waals surface area contributed by atoms with Gasteiger partial charge in [-0.3, -0.25) is 9.38 Å². The van der Waals surface area contributed by atoms with E-state index in [2.05, 4.69) is 9.97 Å². The first-order valence-corrected chi connectivity index (χ1v) is 8.36. The fraction of sp³-hybridized carbons (Fsp3) is 0.333. The van der Waals surface area contributed by atoms with E-state index in [0.29, 0.717) is 43.1 Å². The summed E-state index contributed by atoms with van der Waals surface area (Å²) in [4.78, 5) is 10.4. The Morgan fingerprint density at radius 2 is 1.77 bits per heavy atom. The number of hydrogen-bond acceptors (Lipinski definition) is 4. The Bertz CT molecular complexity index is 930. The summed E-state index contributed by atoms with van der Waals surface area (Å²) in [5, 5.41) is 9.72. The van der Waals surface area contributed by atoms with E-state index in [1.54, 1.807) is 16.7 Å². The van der Waals surface area contributed by atoms with Crippen LogP contribution in [0.1, 0.15) is 18.4 Å². The number of imidazole rings is 1. The Labute approximate surface area is 147 Å². The summed E-state index contributed by atoms with van der Waals surface area (Å²) < 4.78 is 42.1. The third-order valence-electron chi connectivity index (χ3n) is 4.70. The summed E-state index contributed by atoms with van der Waals surface area (Å²) in [5.74, 6) is 0.680. The van der Waals surface area contributed by atoms with Crippen LogP contribution in [0.2, 0.25) is 0 Å². The molecule has 2 aromatic heterocycles. The molecule has 4 rings (SSSR count). The van der Waals surface area contributed by atoms with Gasteiger partial charge in [0.15, 0.2) is 5.65 Å². The molecule has 0 unspecified atom stereocenters. The van der Waals surface area contributed by atoms with Crippen LogP contribution in [0.15, 0.2) is 42.9 Å². The van der Waals surface area contributed by atoms with Crippen molar-refractivity contribution in [2.45, 2.75) is 25.1 Å². The average Bonchev–Trinajstić information content (AvgIpc) is 3.06. The van der Waals surface area contributed by atoms with E-state index in [1.165, 1.54) is 24.5 Å². The number of anilines is 1. The van der Waals surface area contributed by atoms with Gasteiger partial charge in [0.25, 0.3) is 0 Å². The highest BCUT2D eigenvalue weighted by Gasteiger charge is 2.34. The van der Waals surface area contributed by atoms with E-state index in [0.717, 1.165) is 6.07 Å². The SMILES string of the molecule is OC1CCN(c2cncc3ncc(-c4ccccc4C(F)(F)F)n23)CC1. The van der Waals surface area contributed by atoms with Crippen LogP contribution in [0, 0.1) is 0 Å². The van der Waals surface area contributed by atoms with Crippen molar-refractivity contribution in [2.24, 2.45) is 0 Å². The first-order chi connectivity index (χ1) is 12.4. The summed E-state index contributed by atoms with van der Waals surface area (Å²) in [6.07, 6.45) is 1.03. The number of aromatic nitrogens is 3. The molecule has 0 amide bonds. The van der Waals surface area contributed by atoms with E-state index in [4.69, 9.17) is 0 Å². The van der Waals surface area contributed by atoms with Crippen LogP contribution in [-0.4, -0.2) is 38.7 Å². The third kappa shape index (κ3) is 2.90. The molecule has 3 aromatic rings. The molecule has 1 saturated heterocycles. The summed E-state index contributed by atoms with van der Waals surface area (Å²) in [6.45, 7) is 1.22. The lowest BCUT2D eigenvalue weighted by molar-refractivity contribution is -0.137. The second kappa shape index (κ2) is 6.28. The highest BCUT2D eigenvalue weighted by atomic mass is 19.4. The summed E-state index contributed by atoms with van der Waals surface area (Å²) in [5.41, 5.74) is 0.243. The van der Waals surface area contributed by atoms with Crippen molar-refractivity contribution in [3.05, 3.63) is 48.4 Å². The Kier molecular flexibility index (Phi) is 4.07. The van der Waals surface area contributed by atoms with E-state index < -0.39 is 11.7 Å². The maximum absolute atomic E-state index is 13.5. The van der Waals surface area contributed by atoms with Gasteiger partial charge in [-0.1, -0.05) is 18.2 Å². The fourth-order valence-corrected chi connectivity index (χ4v) is 3.39. The number of halogens is 3. The minimum atomic E-state index is -4.46. The number of benzene rings is 1. The molecule has 0 spiro atoms. The zero-order chi connectivity index (χ0) is 18.3. The lowest BCUT2D eigenvalue weighted by Crippen LogP contribution is -2.37. The third-order valence-corrected chi connectivity index (χ3v) is 4.70. The van der Waals surface area contributed by atoms with Crippen LogP contribution in [0.4, 0.5) is 19.0 Å². The monoisotopic (exact) mass is 362 g/mol. The molecule has 0 radical (unpaired) electrons. The molecule has 1 N–H and O–H groups in total. The van der Waals surface area contributed by atoms with E-state index in [-0.39, 0.29) is 11.7 Å². The summed E-state index contributed by atoms with van der Waals surface area (Å²) in [6, 6.07) is 5.50. The molecule has 0 aliphatic carbocycles. The lowest BCUT2D eigenvalue weighted by Gasteiger charge is -2.31. The van der Waals surface area contributed by atoms with Gasteiger partial charge in [0.05, 0.1) is 36.0 Å². The number of rotatable bonds is 2. The van der Waals surface area contributed by atoms with Gasteiger partial charge in [0, 0.05) is 18.7 Å². The Balaban J connectivity index is 1.88. The predicted molar refractivity (Wildman–Crippen MR) is 90.9 cm³/mol. The normalized spacial score (nSPS) is 16.4. The van der Waals surface area contributed by atoms with Crippen molar-refractivity contribution in [3.63, 3.8) is 0 Å². The van der Waals surface area contributed by atoms with Crippen LogP contribution in [0.5, 0.6) is 0 Å². The van der Waals surface area contributed by atoms with Gasteiger partial charge in [-0.25, -0.2) is 4.98 Å². The molecular weight excluding hydrogens is 345 g/mol. The number of aliphatic hydroxyl groups excluding tert-OH is 1. The molecular formula is C18H17F3N4O. The Hall–Kier alpha value is -2.61. The summed E-state index contributed by atoms with van der Waals surface area (Å²) >= 11 is 0. The Morgan fingerprint density at radius 3 is 2.50 bits per heavy atom. The topological polar surface area (TPSA) is 53.7 Å². The fourth-order valence-electron chi connectivity index (χ4n) is 3.39. The molecule has 136 valence electrons. The number of nitrogens with zero attached hydrogens (tertiary/aromatic N) is 4. The molecule has 0 bridgehead atoms. The van der Waals surface area contributed by atoms with Crippen LogP contribution in [-0.2, 0) is 6.18 Å². The smallest absolute Gasteiger partial charge is 0.393 e. The minimum absolute atomic E-state index is 0.0806. The van der Waals surface area contributed by atoms with Crippen molar-refractivity contribution >= 4 is 11.5 Å². The van der Waals surface area contributed by atoms with Crippen LogP contribution in [0.3, 0.4) is 0 Å². The molecule has 1 aromatic carbocycles. The second-order valence-electron chi connectivity index (χ2n) is 6.36. The molecule has 0 saturated carbocycles. The molecule has 1 fully saturated rings. The van der Waals surface area contributed by atoms with E-state index in [9.17, 15) is 18.3 Å². The highest BCUT2D eigenvalue weighted by molar-refractivity contribution is 5.70. The van der Waals surface area contributed by atoms with Crippen molar-refractivity contribution in [2.75, 3.05) is 18.0 Å². The number of hydrogen-bond donors (Lipinski definition) is 1. The van der Waals surface area contributed by atoms with Gasteiger partial charge < -0.3 is 10.0 Å². The van der Waals surface area contributed by atoms with E-state index in [1.807, 2.05) is 4.90 Å². The zero-order valence-corrected chi connectivity index (χ0v) is 13.8. The van der Waals surface area contributed by atoms with Gasteiger partial charge in [0.2, 0.25) is 0 Å². The average molecular weight is 362 g/mol. The van der Waals surface area contributed by atoms with Crippen LogP contribution in [0.25, 0.3) is 16.9 Å². The zero-order valence-electron chi connectivity index (χ0n) is 13.8. The summed E-state index contributed by atoms with van der Waals surface area (Å²) in [7, 11) is 0. The quantitative estimate of drug-likeness (QED) is 0.759. The number of piperidine rings is 1. The van der Waals surface area contributed by atoms with Gasteiger partial charge >= 0.3 is 6.18 Å². The number of alkyl halides is 3. The maximum atomic E-state index is 13.5. The van der Waals surface area contributed by atoms with Crippen LogP contribution >= 0.6 is 0 Å². The van der Waals surface area contributed by atoms with Crippen LogP contribution < -0.4 is 4.90 Å². The number of fused-ring (bicyclic) bond motifs is 1. The van der Waals surface area contributed by atoms with Crippen molar-refractivity contribution < 1.29 is 18.3 Å². The van der Waals surface area contributed by atoms with Crippen molar-refractivity contribution in [3.8, 4) is 11.3 Å². The molecule has 1 aliphatic heterocycles. The first kappa shape index (κ1) is 16.8. The molecule has 3 heterocycles. The molecule has 0 atom stereocenters. The highest BCUT2D eigenvalue weighted by Crippen LogP contribution is 2.38. The minimum Gasteiger partial charge on any atom is -0.393 e. The van der Waals surface area contributed by atoms with Gasteiger partial charge in [-0.05, 0) is 18.9 Å². The number of aliphatic hydroxyl groups is 1. The van der Waals surface area contributed by atoms with Gasteiger partial charge in [-0.2, -0.15) is 13.2 Å². The van der Waals surface area contributed by atoms with Crippen molar-refractivity contribution in [1.29, 1.82) is 0 Å². The standard InChI is InChI=1S/C18H17F3N4O/c19-18(20,21)14-4-2-1-3-13(14)15-9-23-16-10-22-11-17(25(15)16)24-7-5-12(26)6-8-24/h1-4,9-12,26H,5-8H2. The molecule has 26 heavy (non-hydrogen) atoms. The van der Waals surface area contributed by atoms with Gasteiger partial charge in [0.1, 0.15) is 5.82 Å². The lowest BCUT2D eigenvalue weighted by atomic mass is 10.0. The van der Waals surface area contributed by atoms with E-state index >= 15 is 0 Å². The van der Waals surface area contributed by atoms with Crippen molar-refractivity contribution in [1.82, 2.24) is 14.4 Å². The Morgan fingerprint density at radius 1 is 1.04 bits per heavy atom. The molecule has 8 heteroatoms. The molecule has 1 aliphatic rings. The maximum Gasteiger partial charge on any atom is 0.417 e. The second-order valence-corrected chi connectivity index (χ2v) is 6.36.